The van der Waals surface area contributed by atoms with E-state index in [1.165, 1.54) is 0 Å². The summed E-state index contributed by atoms with van der Waals surface area (Å²) in [7, 11) is 0. The first kappa shape index (κ1) is 8.05. The molecule has 0 aromatic heterocycles. The maximum Gasteiger partial charge on any atom is 0.159 e. The molecule has 0 amide bonds. The Balaban J connectivity index is 2.22. The fourth-order valence-electron chi connectivity index (χ4n) is 1.66. The van der Waals surface area contributed by atoms with E-state index in [1.807, 2.05) is 18.4 Å². The van der Waals surface area contributed by atoms with E-state index in [0.717, 1.165) is 23.9 Å². The van der Waals surface area contributed by atoms with Crippen LogP contribution in [0.15, 0.2) is 22.8 Å². The third-order valence-electron chi connectivity index (χ3n) is 2.25. The average molecular weight is 228 g/mol. The van der Waals surface area contributed by atoms with Crippen LogP contribution < -0.4 is 0 Å². The van der Waals surface area contributed by atoms with Crippen LogP contribution in [0.1, 0.15) is 12.8 Å². The number of rotatable bonds is 0. The second kappa shape index (κ2) is 3.05. The van der Waals surface area contributed by atoms with Gasteiger partial charge in [-0.3, -0.25) is 4.79 Å². The number of halogens is 1. The Labute approximate surface area is 80.1 Å². The predicted molar refractivity (Wildman–Crippen MR) is 50.9 cm³/mol. The summed E-state index contributed by atoms with van der Waals surface area (Å²) < 4.78 is 1.05. The van der Waals surface area contributed by atoms with Gasteiger partial charge in [-0.15, -0.1) is 0 Å². The van der Waals surface area contributed by atoms with Gasteiger partial charge in [0, 0.05) is 23.6 Å². The first-order valence-corrected chi connectivity index (χ1v) is 4.90. The van der Waals surface area contributed by atoms with Crippen LogP contribution in [0.2, 0.25) is 0 Å². The van der Waals surface area contributed by atoms with E-state index in [0.29, 0.717) is 5.78 Å². The maximum absolute atomic E-state index is 11.4. The van der Waals surface area contributed by atoms with E-state index >= 15 is 0 Å². The third kappa shape index (κ3) is 1.33. The Morgan fingerprint density at radius 3 is 3.25 bits per heavy atom. The lowest BCUT2D eigenvalue weighted by molar-refractivity contribution is -0.123. The van der Waals surface area contributed by atoms with Gasteiger partial charge in [-0.1, -0.05) is 6.08 Å². The molecule has 2 heterocycles. The molecule has 1 atom stereocenters. The predicted octanol–water partition coefficient (Wildman–Crippen LogP) is 1.83. The summed E-state index contributed by atoms with van der Waals surface area (Å²) in [6.45, 7) is 0.996. The zero-order valence-electron chi connectivity index (χ0n) is 6.66. The molecular weight excluding hydrogens is 218 g/mol. The second-order valence-electron chi connectivity index (χ2n) is 3.13. The molecule has 1 fully saturated rings. The number of fused-ring (bicyclic) bond motifs is 1. The Kier molecular flexibility index (Phi) is 2.05. The van der Waals surface area contributed by atoms with Crippen LogP contribution in [-0.2, 0) is 4.79 Å². The standard InChI is InChI=1S/C9H10BrNO/c10-7-3-4-8-9(12)2-1-5-11(8)6-7/h3-4,6,8H,1-2,5H2/t8-/m0/s1. The van der Waals surface area contributed by atoms with Crippen molar-refractivity contribution < 1.29 is 4.79 Å². The lowest BCUT2D eigenvalue weighted by atomic mass is 9.99. The summed E-state index contributed by atoms with van der Waals surface area (Å²) in [4.78, 5) is 13.5. The molecule has 0 aliphatic carbocycles. The molecule has 3 heteroatoms. The minimum absolute atomic E-state index is 0.0139. The van der Waals surface area contributed by atoms with Crippen molar-refractivity contribution in [1.29, 1.82) is 0 Å². The number of Topliss-reactive ketones (excluding diaryl/α,β-unsaturated/α-hetero) is 1. The number of allylic oxidation sites excluding steroid dienone is 2. The van der Waals surface area contributed by atoms with E-state index in [2.05, 4.69) is 20.8 Å². The van der Waals surface area contributed by atoms with E-state index in [-0.39, 0.29) is 6.04 Å². The van der Waals surface area contributed by atoms with Gasteiger partial charge in [0.1, 0.15) is 6.04 Å². The summed E-state index contributed by atoms with van der Waals surface area (Å²) in [5, 5.41) is 0. The topological polar surface area (TPSA) is 20.3 Å². The number of nitrogens with zero attached hydrogens (tertiary/aromatic N) is 1. The minimum atomic E-state index is 0.0139. The lowest BCUT2D eigenvalue weighted by Gasteiger charge is -2.33. The number of ketones is 1. The molecule has 0 aromatic carbocycles. The highest BCUT2D eigenvalue weighted by Gasteiger charge is 2.26. The molecule has 64 valence electrons. The molecule has 2 nitrogen and oxygen atoms in total. The van der Waals surface area contributed by atoms with Crippen LogP contribution in [0.5, 0.6) is 0 Å². The van der Waals surface area contributed by atoms with Gasteiger partial charge in [0.25, 0.3) is 0 Å². The molecule has 1 saturated heterocycles. The third-order valence-corrected chi connectivity index (χ3v) is 2.72. The lowest BCUT2D eigenvalue weighted by Crippen LogP contribution is -2.42. The number of hydrogen-bond donors (Lipinski definition) is 0. The van der Waals surface area contributed by atoms with Crippen LogP contribution in [-0.4, -0.2) is 23.3 Å². The SMILES string of the molecule is O=C1CCCN2C=C(Br)C=C[C@@H]12. The van der Waals surface area contributed by atoms with Gasteiger partial charge in [-0.25, -0.2) is 0 Å². The summed E-state index contributed by atoms with van der Waals surface area (Å²) in [5.74, 6) is 0.341. The van der Waals surface area contributed by atoms with Crippen LogP contribution in [0.4, 0.5) is 0 Å². The molecular formula is C9H10BrNO. The zero-order valence-corrected chi connectivity index (χ0v) is 8.25. The Morgan fingerprint density at radius 1 is 1.58 bits per heavy atom. The number of piperidine rings is 1. The van der Waals surface area contributed by atoms with E-state index in [1.54, 1.807) is 0 Å². The summed E-state index contributed by atoms with van der Waals surface area (Å²) in [6.07, 6.45) is 7.63. The maximum atomic E-state index is 11.4. The zero-order chi connectivity index (χ0) is 8.55. The summed E-state index contributed by atoms with van der Waals surface area (Å²) >= 11 is 3.39. The number of hydrogen-bond acceptors (Lipinski definition) is 2. The van der Waals surface area contributed by atoms with Crippen molar-refractivity contribution >= 4 is 21.7 Å². The van der Waals surface area contributed by atoms with Gasteiger partial charge >= 0.3 is 0 Å². The van der Waals surface area contributed by atoms with Crippen molar-refractivity contribution in [2.75, 3.05) is 6.54 Å². The smallest absolute Gasteiger partial charge is 0.159 e. The molecule has 0 spiro atoms. The van der Waals surface area contributed by atoms with Crippen molar-refractivity contribution in [2.45, 2.75) is 18.9 Å². The Hall–Kier alpha value is -0.570. The van der Waals surface area contributed by atoms with E-state index < -0.39 is 0 Å². The molecule has 2 aliphatic rings. The highest BCUT2D eigenvalue weighted by Crippen LogP contribution is 2.23. The minimum Gasteiger partial charge on any atom is -0.363 e. The van der Waals surface area contributed by atoms with Gasteiger partial charge in [0.15, 0.2) is 5.78 Å². The molecule has 0 N–H and O–H groups in total. The van der Waals surface area contributed by atoms with Crippen LogP contribution >= 0.6 is 15.9 Å². The Bertz CT molecular complexity index is 270. The highest BCUT2D eigenvalue weighted by atomic mass is 79.9. The van der Waals surface area contributed by atoms with Crippen LogP contribution in [0.3, 0.4) is 0 Å². The van der Waals surface area contributed by atoms with Crippen LogP contribution in [0, 0.1) is 0 Å². The number of carbonyl (C=O) groups excluding carboxylic acids is 1. The van der Waals surface area contributed by atoms with E-state index in [9.17, 15) is 4.79 Å². The fraction of sp³-hybridized carbons (Fsp3) is 0.444. The molecule has 2 aliphatic heterocycles. The van der Waals surface area contributed by atoms with Crippen molar-refractivity contribution in [3.63, 3.8) is 0 Å². The first-order valence-electron chi connectivity index (χ1n) is 4.11. The summed E-state index contributed by atoms with van der Waals surface area (Å²) in [6, 6.07) is 0.0139. The van der Waals surface area contributed by atoms with Crippen molar-refractivity contribution in [3.8, 4) is 0 Å². The highest BCUT2D eigenvalue weighted by molar-refractivity contribution is 9.11. The largest absolute Gasteiger partial charge is 0.363 e. The normalized spacial score (nSPS) is 28.4. The van der Waals surface area contributed by atoms with Gasteiger partial charge in [-0.05, 0) is 28.4 Å². The number of carbonyl (C=O) groups is 1. The Morgan fingerprint density at radius 2 is 2.42 bits per heavy atom. The molecule has 0 aromatic rings. The molecule has 0 saturated carbocycles. The molecule has 12 heavy (non-hydrogen) atoms. The van der Waals surface area contributed by atoms with Gasteiger partial charge in [0.2, 0.25) is 0 Å². The van der Waals surface area contributed by atoms with Crippen LogP contribution in [0.25, 0.3) is 0 Å². The average Bonchev–Trinajstić information content (AvgIpc) is 2.04. The molecule has 0 bridgehead atoms. The van der Waals surface area contributed by atoms with Gasteiger partial charge in [0.05, 0.1) is 0 Å². The first-order chi connectivity index (χ1) is 5.77. The van der Waals surface area contributed by atoms with E-state index in [4.69, 9.17) is 0 Å². The monoisotopic (exact) mass is 227 g/mol. The quantitative estimate of drug-likeness (QED) is 0.630. The van der Waals surface area contributed by atoms with Crippen molar-refractivity contribution in [3.05, 3.63) is 22.8 Å². The van der Waals surface area contributed by atoms with Gasteiger partial charge < -0.3 is 4.90 Å². The second-order valence-corrected chi connectivity index (χ2v) is 4.04. The molecule has 0 radical (unpaired) electrons. The van der Waals surface area contributed by atoms with Crippen molar-refractivity contribution in [1.82, 2.24) is 4.90 Å². The molecule has 0 unspecified atom stereocenters. The van der Waals surface area contributed by atoms with Gasteiger partial charge in [-0.2, -0.15) is 0 Å². The summed E-state index contributed by atoms with van der Waals surface area (Å²) in [5.41, 5.74) is 0. The van der Waals surface area contributed by atoms with Crippen molar-refractivity contribution in [2.24, 2.45) is 0 Å². The molecule has 2 rings (SSSR count). The fourth-order valence-corrected chi connectivity index (χ4v) is 2.07.